The fourth-order valence-electron chi connectivity index (χ4n) is 1.86. The van der Waals surface area contributed by atoms with Gasteiger partial charge in [0.25, 0.3) is 0 Å². The van der Waals surface area contributed by atoms with Gasteiger partial charge >= 0.3 is 12.1 Å². The number of hydrogen-bond donors (Lipinski definition) is 0. The van der Waals surface area contributed by atoms with E-state index in [9.17, 15) is 9.59 Å². The maximum atomic E-state index is 12.0. The Bertz CT molecular complexity index is 342. The molecule has 19 heavy (non-hydrogen) atoms. The lowest BCUT2D eigenvalue weighted by Crippen LogP contribution is -2.44. The van der Waals surface area contributed by atoms with Crippen molar-refractivity contribution in [2.45, 2.75) is 44.9 Å². The van der Waals surface area contributed by atoms with Crippen molar-refractivity contribution in [3.05, 3.63) is 0 Å². The molecule has 0 aromatic carbocycles. The summed E-state index contributed by atoms with van der Waals surface area (Å²) in [5.41, 5.74) is -0.622. The van der Waals surface area contributed by atoms with Crippen molar-refractivity contribution in [1.82, 2.24) is 4.90 Å². The second-order valence-corrected chi connectivity index (χ2v) is 5.53. The number of nitrogens with zero attached hydrogens (tertiary/aromatic N) is 1. The van der Waals surface area contributed by atoms with Gasteiger partial charge in [-0.2, -0.15) is 0 Å². The van der Waals surface area contributed by atoms with Gasteiger partial charge in [-0.15, -0.1) is 0 Å². The average molecular weight is 294 g/mol. The van der Waals surface area contributed by atoms with Gasteiger partial charge in [-0.3, -0.25) is 4.90 Å². The summed E-state index contributed by atoms with van der Waals surface area (Å²) in [7, 11) is 1.53. The maximum Gasteiger partial charge on any atom is 0.411 e. The molecule has 6 nitrogen and oxygen atoms in total. The van der Waals surface area contributed by atoms with Gasteiger partial charge in [-0.25, -0.2) is 9.59 Å². The lowest BCUT2D eigenvalue weighted by Gasteiger charge is -2.27. The van der Waals surface area contributed by atoms with Crippen molar-refractivity contribution >= 4 is 23.7 Å². The zero-order chi connectivity index (χ0) is 14.6. The monoisotopic (exact) mass is 293 g/mol. The molecule has 0 radical (unpaired) electrons. The highest BCUT2D eigenvalue weighted by molar-refractivity contribution is 6.17. The molecule has 1 saturated heterocycles. The Morgan fingerprint density at radius 3 is 2.47 bits per heavy atom. The molecular weight excluding hydrogens is 274 g/mol. The van der Waals surface area contributed by atoms with Gasteiger partial charge < -0.3 is 14.2 Å². The smallest absolute Gasteiger partial charge is 0.411 e. The predicted octanol–water partition coefficient (Wildman–Crippen LogP) is 1.75. The van der Waals surface area contributed by atoms with E-state index < -0.39 is 23.7 Å². The van der Waals surface area contributed by atoms with Gasteiger partial charge in [-0.05, 0) is 20.8 Å². The Morgan fingerprint density at radius 1 is 1.37 bits per heavy atom. The molecule has 0 aromatic rings. The van der Waals surface area contributed by atoms with Crippen LogP contribution < -0.4 is 0 Å². The first-order chi connectivity index (χ1) is 8.78. The summed E-state index contributed by atoms with van der Waals surface area (Å²) >= 11 is 5.37. The normalized spacial score (nSPS) is 23.3. The summed E-state index contributed by atoms with van der Waals surface area (Å²) in [6.07, 6.45) is -0.380. The molecule has 110 valence electrons. The van der Waals surface area contributed by atoms with Crippen LogP contribution in [0.4, 0.5) is 4.79 Å². The molecule has 2 atom stereocenters. The number of esters is 1. The number of alkyl halides is 1. The minimum absolute atomic E-state index is 0.208. The molecule has 0 bridgehead atoms. The Kier molecular flexibility index (Phi) is 5.43. The van der Waals surface area contributed by atoms with Gasteiger partial charge in [0.2, 0.25) is 0 Å². The van der Waals surface area contributed by atoms with E-state index in [1.54, 1.807) is 20.8 Å². The van der Waals surface area contributed by atoms with Crippen molar-refractivity contribution in [3.8, 4) is 0 Å². The Labute approximate surface area is 117 Å². The van der Waals surface area contributed by atoms with E-state index in [0.29, 0.717) is 13.0 Å². The van der Waals surface area contributed by atoms with Gasteiger partial charge in [0.05, 0.1) is 12.6 Å². The van der Waals surface area contributed by atoms with Crippen LogP contribution in [0, 0.1) is 0 Å². The quantitative estimate of drug-likeness (QED) is 0.586. The molecular formula is C12H20ClNO5. The van der Waals surface area contributed by atoms with E-state index in [1.807, 2.05) is 0 Å². The number of rotatable bonds is 3. The van der Waals surface area contributed by atoms with Crippen LogP contribution in [0.1, 0.15) is 27.2 Å². The molecule has 1 amide bonds. The fraction of sp³-hybridized carbons (Fsp3) is 0.833. The largest absolute Gasteiger partial charge is 0.448 e. The van der Waals surface area contributed by atoms with Crippen LogP contribution in [0.3, 0.4) is 0 Å². The maximum absolute atomic E-state index is 12.0. The van der Waals surface area contributed by atoms with Crippen molar-refractivity contribution in [1.29, 1.82) is 0 Å². The van der Waals surface area contributed by atoms with Gasteiger partial charge in [0.1, 0.15) is 11.6 Å². The Balaban J connectivity index is 2.76. The number of amides is 1. The third-order valence-corrected chi connectivity index (χ3v) is 2.80. The van der Waals surface area contributed by atoms with E-state index in [4.69, 9.17) is 25.8 Å². The van der Waals surface area contributed by atoms with Crippen molar-refractivity contribution in [3.63, 3.8) is 0 Å². The number of halogens is 1. The minimum Gasteiger partial charge on any atom is -0.448 e. The highest BCUT2D eigenvalue weighted by Gasteiger charge is 2.42. The Morgan fingerprint density at radius 2 is 2.00 bits per heavy atom. The number of ether oxygens (including phenoxy) is 3. The van der Waals surface area contributed by atoms with Crippen LogP contribution in [0.2, 0.25) is 0 Å². The summed E-state index contributed by atoms with van der Waals surface area (Å²) in [5, 5.41) is 0. The summed E-state index contributed by atoms with van der Waals surface area (Å²) < 4.78 is 15.2. The van der Waals surface area contributed by atoms with Gasteiger partial charge in [0, 0.05) is 13.5 Å². The van der Waals surface area contributed by atoms with Gasteiger partial charge in [0.15, 0.2) is 6.07 Å². The molecule has 1 heterocycles. The fourth-order valence-corrected chi connectivity index (χ4v) is 1.97. The molecule has 0 spiro atoms. The van der Waals surface area contributed by atoms with Crippen molar-refractivity contribution in [2.24, 2.45) is 0 Å². The first-order valence-corrected chi connectivity index (χ1v) is 6.57. The average Bonchev–Trinajstić information content (AvgIpc) is 2.71. The minimum atomic E-state index is -0.710. The van der Waals surface area contributed by atoms with Crippen molar-refractivity contribution < 1.29 is 23.8 Å². The lowest BCUT2D eigenvalue weighted by molar-refractivity contribution is -0.146. The van der Waals surface area contributed by atoms with Crippen molar-refractivity contribution in [2.75, 3.05) is 19.7 Å². The highest BCUT2D eigenvalue weighted by atomic mass is 35.5. The zero-order valence-electron chi connectivity index (χ0n) is 11.6. The second kappa shape index (κ2) is 6.43. The molecule has 0 aromatic heterocycles. The number of methoxy groups -OCH3 is 1. The van der Waals surface area contributed by atoms with Crippen LogP contribution in [-0.4, -0.2) is 54.4 Å². The second-order valence-electron chi connectivity index (χ2n) is 5.31. The predicted molar refractivity (Wildman–Crippen MR) is 69.0 cm³/mol. The van der Waals surface area contributed by atoms with Gasteiger partial charge in [-0.1, -0.05) is 11.6 Å². The van der Waals surface area contributed by atoms with Crippen LogP contribution in [0.5, 0.6) is 0 Å². The third-order valence-electron chi connectivity index (χ3n) is 2.69. The number of likely N-dealkylation sites (tertiary alicyclic amines) is 1. The zero-order valence-corrected chi connectivity index (χ0v) is 12.4. The molecule has 0 unspecified atom stereocenters. The van der Waals surface area contributed by atoms with E-state index in [0.717, 1.165) is 0 Å². The summed E-state index contributed by atoms with van der Waals surface area (Å²) in [5.74, 6) is -0.541. The number of carbonyl (C=O) groups is 2. The molecule has 1 aliphatic rings. The Hall–Kier alpha value is -1.01. The molecule has 7 heteroatoms. The first-order valence-electron chi connectivity index (χ1n) is 6.03. The third kappa shape index (κ3) is 4.54. The summed E-state index contributed by atoms with van der Waals surface area (Å²) in [4.78, 5) is 25.2. The molecule has 0 aliphatic carbocycles. The van der Waals surface area contributed by atoms with E-state index in [1.165, 1.54) is 12.0 Å². The topological polar surface area (TPSA) is 65.1 Å². The highest BCUT2D eigenvalue weighted by Crippen LogP contribution is 2.23. The lowest BCUT2D eigenvalue weighted by atomic mass is 10.2. The van der Waals surface area contributed by atoms with E-state index in [2.05, 4.69) is 0 Å². The summed E-state index contributed by atoms with van der Waals surface area (Å²) in [6, 6.07) is -0.951. The molecule has 0 saturated carbocycles. The van der Waals surface area contributed by atoms with Crippen LogP contribution in [0.25, 0.3) is 0 Å². The number of carbonyl (C=O) groups excluding carboxylic acids is 2. The van der Waals surface area contributed by atoms with Crippen LogP contribution in [-0.2, 0) is 19.0 Å². The SMILES string of the molecule is CO[C@H]1C[C@H](C(=O)OCCl)N(C(=O)OC(C)(C)C)C1. The summed E-state index contributed by atoms with van der Waals surface area (Å²) in [6.45, 7) is 5.59. The van der Waals surface area contributed by atoms with Crippen LogP contribution >= 0.6 is 11.6 Å². The molecule has 1 fully saturated rings. The van der Waals surface area contributed by atoms with Crippen LogP contribution in [0.15, 0.2) is 0 Å². The standard InChI is InChI=1S/C12H20ClNO5/c1-12(2,3)19-11(16)14-6-8(17-4)5-9(14)10(15)18-7-13/h8-9H,5-7H2,1-4H3/t8-,9+/m0/s1. The number of hydrogen-bond acceptors (Lipinski definition) is 5. The van der Waals surface area contributed by atoms with E-state index >= 15 is 0 Å². The molecule has 1 rings (SSSR count). The van der Waals surface area contributed by atoms with E-state index in [-0.39, 0.29) is 12.2 Å². The molecule has 0 N–H and O–H groups in total. The first kappa shape index (κ1) is 16.0. The molecule has 1 aliphatic heterocycles.